The van der Waals surface area contributed by atoms with Crippen LogP contribution in [0.1, 0.15) is 41.4 Å². The fraction of sp³-hybridized carbons (Fsp3) is 0.250. The summed E-state index contributed by atoms with van der Waals surface area (Å²) in [5, 5.41) is 6.16. The van der Waals surface area contributed by atoms with E-state index in [0.29, 0.717) is 16.8 Å². The first-order valence-corrected chi connectivity index (χ1v) is 6.95. The van der Waals surface area contributed by atoms with Crippen LogP contribution in [0.4, 0.5) is 11.6 Å². The van der Waals surface area contributed by atoms with Crippen molar-refractivity contribution >= 4 is 29.0 Å². The SMILES string of the molecule is CC(=O)C(C(C)=O)c1ccc(C(=O)Nc2onc(C)c2N)cc1. The van der Waals surface area contributed by atoms with E-state index >= 15 is 0 Å². The molecule has 23 heavy (non-hydrogen) atoms. The largest absolute Gasteiger partial charge is 0.393 e. The Bertz CT molecular complexity index is 748. The van der Waals surface area contributed by atoms with E-state index in [-0.39, 0.29) is 23.1 Å². The molecule has 0 unspecified atom stereocenters. The number of aromatic nitrogens is 1. The van der Waals surface area contributed by atoms with Crippen LogP contribution in [0, 0.1) is 6.92 Å². The first-order chi connectivity index (χ1) is 10.8. The van der Waals surface area contributed by atoms with Crippen LogP contribution in [-0.4, -0.2) is 22.6 Å². The Morgan fingerprint density at radius 2 is 1.70 bits per heavy atom. The molecule has 0 bridgehead atoms. The minimum Gasteiger partial charge on any atom is -0.393 e. The summed E-state index contributed by atoms with van der Waals surface area (Å²) in [4.78, 5) is 35.2. The Morgan fingerprint density at radius 1 is 1.13 bits per heavy atom. The lowest BCUT2D eigenvalue weighted by atomic mass is 9.91. The second kappa shape index (κ2) is 6.43. The molecule has 7 nitrogen and oxygen atoms in total. The van der Waals surface area contributed by atoms with Gasteiger partial charge in [0.2, 0.25) is 0 Å². The summed E-state index contributed by atoms with van der Waals surface area (Å²) in [5.74, 6) is -1.62. The number of ketones is 2. The smallest absolute Gasteiger partial charge is 0.258 e. The molecular formula is C16H17N3O4. The van der Waals surface area contributed by atoms with Gasteiger partial charge in [0.1, 0.15) is 28.9 Å². The number of amides is 1. The van der Waals surface area contributed by atoms with Crippen LogP contribution in [0.2, 0.25) is 0 Å². The summed E-state index contributed by atoms with van der Waals surface area (Å²) in [6.45, 7) is 4.39. The third-order valence-corrected chi connectivity index (χ3v) is 3.45. The molecule has 3 N–H and O–H groups in total. The summed E-state index contributed by atoms with van der Waals surface area (Å²) in [7, 11) is 0. The molecule has 1 aromatic heterocycles. The van der Waals surface area contributed by atoms with Crippen LogP contribution in [0.3, 0.4) is 0 Å². The molecule has 1 heterocycles. The van der Waals surface area contributed by atoms with Gasteiger partial charge < -0.3 is 10.3 Å². The van der Waals surface area contributed by atoms with Crippen LogP contribution >= 0.6 is 0 Å². The number of nitrogens with one attached hydrogen (secondary N) is 1. The zero-order valence-electron chi connectivity index (χ0n) is 13.0. The van der Waals surface area contributed by atoms with E-state index in [2.05, 4.69) is 10.5 Å². The number of carbonyl (C=O) groups excluding carboxylic acids is 3. The number of nitrogens with zero attached hydrogens (tertiary/aromatic N) is 1. The molecule has 120 valence electrons. The number of rotatable bonds is 5. The molecule has 7 heteroatoms. The van der Waals surface area contributed by atoms with Crippen molar-refractivity contribution in [1.29, 1.82) is 0 Å². The van der Waals surface area contributed by atoms with Crippen LogP contribution in [0.5, 0.6) is 0 Å². The van der Waals surface area contributed by atoms with Gasteiger partial charge >= 0.3 is 0 Å². The topological polar surface area (TPSA) is 115 Å². The summed E-state index contributed by atoms with van der Waals surface area (Å²) < 4.78 is 4.92. The van der Waals surface area contributed by atoms with Crippen molar-refractivity contribution in [3.05, 3.63) is 41.1 Å². The molecule has 1 amide bonds. The summed E-state index contributed by atoms with van der Waals surface area (Å²) in [6.07, 6.45) is 0. The van der Waals surface area contributed by atoms with Crippen molar-refractivity contribution in [3.63, 3.8) is 0 Å². The number of nitrogen functional groups attached to an aromatic ring is 1. The second-order valence-electron chi connectivity index (χ2n) is 5.24. The van der Waals surface area contributed by atoms with E-state index in [4.69, 9.17) is 10.3 Å². The van der Waals surface area contributed by atoms with Gasteiger partial charge in [0.05, 0.1) is 0 Å². The summed E-state index contributed by atoms with van der Waals surface area (Å²) in [6, 6.07) is 6.22. The molecule has 2 rings (SSSR count). The van der Waals surface area contributed by atoms with Gasteiger partial charge in [-0.05, 0) is 38.5 Å². The van der Waals surface area contributed by atoms with Gasteiger partial charge in [-0.25, -0.2) is 0 Å². The number of nitrogens with two attached hydrogens (primary N) is 1. The minimum atomic E-state index is -0.806. The number of hydrogen-bond donors (Lipinski definition) is 2. The van der Waals surface area contributed by atoms with Crippen molar-refractivity contribution in [2.24, 2.45) is 0 Å². The van der Waals surface area contributed by atoms with Crippen molar-refractivity contribution in [1.82, 2.24) is 5.16 Å². The third kappa shape index (κ3) is 3.45. The van der Waals surface area contributed by atoms with Crippen LogP contribution in [0.25, 0.3) is 0 Å². The number of benzene rings is 1. The molecule has 0 aliphatic carbocycles. The lowest BCUT2D eigenvalue weighted by Gasteiger charge is -2.11. The van der Waals surface area contributed by atoms with Gasteiger partial charge in [-0.1, -0.05) is 17.3 Å². The lowest BCUT2D eigenvalue weighted by molar-refractivity contribution is -0.126. The normalized spacial score (nSPS) is 10.6. The Morgan fingerprint density at radius 3 is 2.13 bits per heavy atom. The highest BCUT2D eigenvalue weighted by Crippen LogP contribution is 2.23. The lowest BCUT2D eigenvalue weighted by Crippen LogP contribution is -2.17. The molecule has 0 aliphatic heterocycles. The highest BCUT2D eigenvalue weighted by Gasteiger charge is 2.22. The molecule has 0 radical (unpaired) electrons. The molecule has 1 aromatic carbocycles. The van der Waals surface area contributed by atoms with Gasteiger partial charge in [0.15, 0.2) is 0 Å². The Balaban J connectivity index is 2.19. The number of Topliss-reactive ketones (excluding diaryl/α,β-unsaturated/α-hetero) is 2. The molecule has 0 saturated carbocycles. The van der Waals surface area contributed by atoms with E-state index in [1.165, 1.54) is 26.0 Å². The molecule has 0 aliphatic rings. The van der Waals surface area contributed by atoms with Crippen LogP contribution < -0.4 is 11.1 Å². The molecule has 2 aromatic rings. The molecule has 0 fully saturated rings. The maximum Gasteiger partial charge on any atom is 0.258 e. The molecule has 0 spiro atoms. The number of anilines is 2. The van der Waals surface area contributed by atoms with Crippen molar-refractivity contribution in [3.8, 4) is 0 Å². The van der Waals surface area contributed by atoms with Gasteiger partial charge in [-0.3, -0.25) is 19.7 Å². The third-order valence-electron chi connectivity index (χ3n) is 3.45. The fourth-order valence-corrected chi connectivity index (χ4v) is 2.22. The highest BCUT2D eigenvalue weighted by atomic mass is 16.5. The average Bonchev–Trinajstić information content (AvgIpc) is 2.79. The van der Waals surface area contributed by atoms with E-state index in [9.17, 15) is 14.4 Å². The van der Waals surface area contributed by atoms with E-state index in [1.54, 1.807) is 19.1 Å². The predicted molar refractivity (Wildman–Crippen MR) is 84.2 cm³/mol. The monoisotopic (exact) mass is 315 g/mol. The maximum atomic E-state index is 12.1. The summed E-state index contributed by atoms with van der Waals surface area (Å²) in [5.41, 5.74) is 7.36. The minimum absolute atomic E-state index is 0.0851. The first kappa shape index (κ1) is 16.4. The van der Waals surface area contributed by atoms with Crippen LogP contribution in [0.15, 0.2) is 28.8 Å². The Labute approximate surface area is 132 Å². The average molecular weight is 315 g/mol. The summed E-state index contributed by atoms with van der Waals surface area (Å²) >= 11 is 0. The Kier molecular flexibility index (Phi) is 4.59. The molecule has 0 atom stereocenters. The Hall–Kier alpha value is -2.96. The maximum absolute atomic E-state index is 12.1. The number of carbonyl (C=O) groups is 3. The van der Waals surface area contributed by atoms with Gasteiger partial charge in [-0.2, -0.15) is 0 Å². The van der Waals surface area contributed by atoms with Crippen molar-refractivity contribution in [2.45, 2.75) is 26.7 Å². The quantitative estimate of drug-likeness (QED) is 0.816. The van der Waals surface area contributed by atoms with Gasteiger partial charge in [0, 0.05) is 5.56 Å². The zero-order chi connectivity index (χ0) is 17.1. The van der Waals surface area contributed by atoms with E-state index in [0.717, 1.165) is 0 Å². The standard InChI is InChI=1S/C16H17N3O4/c1-8-14(17)16(23-19-8)18-15(22)12-6-4-11(5-7-12)13(9(2)20)10(3)21/h4-7,13H,17H2,1-3H3,(H,18,22). The first-order valence-electron chi connectivity index (χ1n) is 6.95. The predicted octanol–water partition coefficient (Wildman–Crippen LogP) is 2.08. The van der Waals surface area contributed by atoms with Gasteiger partial charge in [0.25, 0.3) is 11.8 Å². The van der Waals surface area contributed by atoms with E-state index < -0.39 is 11.8 Å². The number of aryl methyl sites for hydroxylation is 1. The molecular weight excluding hydrogens is 298 g/mol. The van der Waals surface area contributed by atoms with Crippen molar-refractivity contribution < 1.29 is 18.9 Å². The molecule has 0 saturated heterocycles. The van der Waals surface area contributed by atoms with Crippen LogP contribution in [-0.2, 0) is 9.59 Å². The highest BCUT2D eigenvalue weighted by molar-refractivity contribution is 6.07. The zero-order valence-corrected chi connectivity index (χ0v) is 13.0. The van der Waals surface area contributed by atoms with Gasteiger partial charge in [-0.15, -0.1) is 0 Å². The fourth-order valence-electron chi connectivity index (χ4n) is 2.22. The van der Waals surface area contributed by atoms with E-state index in [1.807, 2.05) is 0 Å². The van der Waals surface area contributed by atoms with Crippen molar-refractivity contribution in [2.75, 3.05) is 11.1 Å². The second-order valence-corrected chi connectivity index (χ2v) is 5.24. The number of hydrogen-bond acceptors (Lipinski definition) is 6.